The van der Waals surface area contributed by atoms with Gasteiger partial charge in [0, 0.05) is 16.5 Å². The van der Waals surface area contributed by atoms with Crippen molar-refractivity contribution in [1.29, 1.82) is 0 Å². The number of fused-ring (bicyclic) bond motifs is 2. The molecular weight excluding hydrogens is 603 g/mol. The Hall–Kier alpha value is -4.36. The molecule has 2 aliphatic heterocycles. The number of hydrogen-bond donors (Lipinski definition) is 2. The van der Waals surface area contributed by atoms with Crippen LogP contribution in [0.3, 0.4) is 0 Å². The molecule has 3 atom stereocenters. The molecule has 13 heteroatoms. The lowest BCUT2D eigenvalue weighted by atomic mass is 9.83. The van der Waals surface area contributed by atoms with E-state index in [0.717, 1.165) is 40.8 Å². The van der Waals surface area contributed by atoms with Crippen LogP contribution < -0.4 is 19.8 Å². The number of aryl methyl sites for hydroxylation is 1. The number of ether oxygens (including phenoxy) is 1. The van der Waals surface area contributed by atoms with Gasteiger partial charge < -0.3 is 15.0 Å². The Morgan fingerprint density at radius 3 is 2.40 bits per heavy atom. The molecule has 0 saturated carbocycles. The summed E-state index contributed by atoms with van der Waals surface area (Å²) in [4.78, 5) is 55.5. The van der Waals surface area contributed by atoms with Gasteiger partial charge in [0.15, 0.2) is 6.61 Å². The van der Waals surface area contributed by atoms with Gasteiger partial charge in [-0.15, -0.1) is 0 Å². The molecule has 8 nitrogen and oxygen atoms in total. The number of alkyl halides is 3. The van der Waals surface area contributed by atoms with Crippen molar-refractivity contribution in [3.63, 3.8) is 0 Å². The van der Waals surface area contributed by atoms with Gasteiger partial charge in [0.05, 0.1) is 22.2 Å². The number of thiazole rings is 1. The number of halogens is 3. The number of amides is 3. The number of anilines is 2. The van der Waals surface area contributed by atoms with Crippen molar-refractivity contribution in [2.75, 3.05) is 16.8 Å². The number of H-pyrrole nitrogens is 1. The fraction of sp³-hybridized carbons (Fsp3) is 0.200. The number of aromatic nitrogens is 1. The van der Waals surface area contributed by atoms with Crippen molar-refractivity contribution >= 4 is 52.2 Å². The van der Waals surface area contributed by atoms with Crippen LogP contribution in [0.15, 0.2) is 82.6 Å². The molecule has 4 aromatic rings. The lowest BCUT2D eigenvalue weighted by Crippen LogP contribution is -2.33. The minimum absolute atomic E-state index is 0.261. The largest absolute Gasteiger partial charge is 0.484 e. The summed E-state index contributed by atoms with van der Waals surface area (Å²) in [7, 11) is 0. The summed E-state index contributed by atoms with van der Waals surface area (Å²) >= 11 is 1.87. The zero-order valence-corrected chi connectivity index (χ0v) is 23.9. The minimum atomic E-state index is -4.78. The number of benzene rings is 3. The standard InChI is InChI=1S/C30H22F3N3O5S2/c1-15-6-2-4-8-19(15)34-21(37)14-41-17-12-10-16(11-13-17)22-23-25(42-26-24(22)43-29(40)35-26)28(39)36(27(23)38)20-9-5-3-7-18(20)30(31,32)33/h2-13,22-23,25H,14H2,1H3,(H,34,37)(H,35,40). The molecule has 43 heavy (non-hydrogen) atoms. The van der Waals surface area contributed by atoms with Crippen LogP contribution in [-0.4, -0.2) is 34.6 Å². The number of aromatic amines is 1. The van der Waals surface area contributed by atoms with Gasteiger partial charge in [-0.25, -0.2) is 4.90 Å². The molecule has 1 aromatic heterocycles. The molecule has 2 aliphatic rings. The van der Waals surface area contributed by atoms with Crippen molar-refractivity contribution in [3.8, 4) is 5.75 Å². The van der Waals surface area contributed by atoms with E-state index in [1.807, 2.05) is 19.1 Å². The molecule has 3 amide bonds. The van der Waals surface area contributed by atoms with Crippen LogP contribution >= 0.6 is 23.1 Å². The predicted molar refractivity (Wildman–Crippen MR) is 156 cm³/mol. The number of nitrogens with one attached hydrogen (secondary N) is 2. The maximum atomic E-state index is 13.8. The first-order valence-corrected chi connectivity index (χ1v) is 14.7. The van der Waals surface area contributed by atoms with E-state index in [2.05, 4.69) is 10.3 Å². The second-order valence-corrected chi connectivity index (χ2v) is 12.2. The molecule has 1 fully saturated rings. The van der Waals surface area contributed by atoms with Crippen molar-refractivity contribution in [2.24, 2.45) is 5.92 Å². The molecule has 0 radical (unpaired) electrons. The number of rotatable bonds is 6. The van der Waals surface area contributed by atoms with E-state index >= 15 is 0 Å². The van der Waals surface area contributed by atoms with Crippen molar-refractivity contribution in [2.45, 2.75) is 29.3 Å². The van der Waals surface area contributed by atoms with Gasteiger partial charge in [-0.1, -0.05) is 65.6 Å². The van der Waals surface area contributed by atoms with Gasteiger partial charge in [-0.3, -0.25) is 19.2 Å². The number of nitrogens with zero attached hydrogens (tertiary/aromatic N) is 1. The highest BCUT2D eigenvalue weighted by Crippen LogP contribution is 2.54. The second kappa shape index (κ2) is 11.0. The quantitative estimate of drug-likeness (QED) is 0.271. The van der Waals surface area contributed by atoms with Crippen LogP contribution in [0.1, 0.15) is 27.5 Å². The third-order valence-corrected chi connectivity index (χ3v) is 9.70. The average Bonchev–Trinajstić information content (AvgIpc) is 3.47. The average molecular weight is 626 g/mol. The number of thioether (sulfide) groups is 1. The second-order valence-electron chi connectivity index (χ2n) is 10.00. The lowest BCUT2D eigenvalue weighted by molar-refractivity contribution is -0.137. The van der Waals surface area contributed by atoms with Gasteiger partial charge >= 0.3 is 11.0 Å². The Labute approximate surface area is 250 Å². The third-order valence-electron chi connectivity index (χ3n) is 7.30. The van der Waals surface area contributed by atoms with E-state index in [9.17, 15) is 32.3 Å². The summed E-state index contributed by atoms with van der Waals surface area (Å²) in [6.07, 6.45) is -4.78. The van der Waals surface area contributed by atoms with Gasteiger partial charge in [0.2, 0.25) is 11.8 Å². The number of hydrogen-bond acceptors (Lipinski definition) is 7. The van der Waals surface area contributed by atoms with E-state index in [1.54, 1.807) is 36.4 Å². The number of para-hydroxylation sites is 2. The Kier molecular flexibility index (Phi) is 7.38. The molecular formula is C30H22F3N3O5S2. The van der Waals surface area contributed by atoms with E-state index in [1.165, 1.54) is 12.1 Å². The molecule has 3 heterocycles. The fourth-order valence-corrected chi connectivity index (χ4v) is 7.86. The van der Waals surface area contributed by atoms with Crippen molar-refractivity contribution < 1.29 is 32.3 Å². The van der Waals surface area contributed by atoms with Crippen LogP contribution in [0, 0.1) is 12.8 Å². The Balaban J connectivity index is 1.28. The van der Waals surface area contributed by atoms with Crippen LogP contribution in [0.4, 0.5) is 24.5 Å². The Morgan fingerprint density at radius 2 is 1.67 bits per heavy atom. The normalized spacial score (nSPS) is 19.6. The molecule has 2 N–H and O–H groups in total. The summed E-state index contributed by atoms with van der Waals surface area (Å²) in [6.45, 7) is 1.61. The van der Waals surface area contributed by atoms with E-state index in [-0.39, 0.29) is 17.4 Å². The van der Waals surface area contributed by atoms with Crippen molar-refractivity contribution in [3.05, 3.63) is 104 Å². The predicted octanol–water partition coefficient (Wildman–Crippen LogP) is 5.58. The summed E-state index contributed by atoms with van der Waals surface area (Å²) < 4.78 is 47.1. The lowest BCUT2D eigenvalue weighted by Gasteiger charge is -2.29. The Morgan fingerprint density at radius 1 is 0.977 bits per heavy atom. The molecule has 1 saturated heterocycles. The third kappa shape index (κ3) is 5.34. The number of imide groups is 1. The van der Waals surface area contributed by atoms with E-state index in [0.29, 0.717) is 31.8 Å². The SMILES string of the molecule is Cc1ccccc1NC(=O)COc1ccc(C2c3sc(=O)[nH]c3SC3C(=O)N(c4ccccc4C(F)(F)F)C(=O)C32)cc1. The summed E-state index contributed by atoms with van der Waals surface area (Å²) in [6, 6.07) is 18.3. The highest BCUT2D eigenvalue weighted by atomic mass is 32.2. The maximum absolute atomic E-state index is 13.8. The minimum Gasteiger partial charge on any atom is -0.484 e. The zero-order chi connectivity index (χ0) is 30.5. The number of carbonyl (C=O) groups excluding carboxylic acids is 3. The van der Waals surface area contributed by atoms with E-state index in [4.69, 9.17) is 4.74 Å². The van der Waals surface area contributed by atoms with Crippen molar-refractivity contribution in [1.82, 2.24) is 4.98 Å². The van der Waals surface area contributed by atoms with Crippen LogP contribution in [0.2, 0.25) is 0 Å². The van der Waals surface area contributed by atoms with Crippen LogP contribution in [-0.2, 0) is 20.6 Å². The molecule has 220 valence electrons. The van der Waals surface area contributed by atoms with Gasteiger partial charge in [-0.05, 0) is 48.4 Å². The Bertz CT molecular complexity index is 1800. The summed E-state index contributed by atoms with van der Waals surface area (Å²) in [5, 5.41) is 2.14. The molecule has 0 spiro atoms. The highest BCUT2D eigenvalue weighted by Gasteiger charge is 2.57. The monoisotopic (exact) mass is 625 g/mol. The molecule has 3 unspecified atom stereocenters. The molecule has 0 aliphatic carbocycles. The highest BCUT2D eigenvalue weighted by molar-refractivity contribution is 8.00. The summed E-state index contributed by atoms with van der Waals surface area (Å²) in [5.41, 5.74) is 0.517. The smallest absolute Gasteiger partial charge is 0.418 e. The first-order valence-electron chi connectivity index (χ1n) is 13.0. The molecule has 6 rings (SSSR count). The number of carbonyl (C=O) groups is 3. The van der Waals surface area contributed by atoms with Gasteiger partial charge in [-0.2, -0.15) is 13.2 Å². The zero-order valence-electron chi connectivity index (χ0n) is 22.3. The first-order chi connectivity index (χ1) is 20.5. The fourth-order valence-electron chi connectivity index (χ4n) is 5.34. The van der Waals surface area contributed by atoms with Gasteiger partial charge in [0.1, 0.15) is 11.0 Å². The van der Waals surface area contributed by atoms with Crippen LogP contribution in [0.5, 0.6) is 5.75 Å². The van der Waals surface area contributed by atoms with Crippen LogP contribution in [0.25, 0.3) is 0 Å². The molecule has 0 bridgehead atoms. The maximum Gasteiger partial charge on any atom is 0.418 e. The van der Waals surface area contributed by atoms with Gasteiger partial charge in [0.25, 0.3) is 5.91 Å². The van der Waals surface area contributed by atoms with E-state index < -0.39 is 46.3 Å². The topological polar surface area (TPSA) is 109 Å². The molecule has 3 aromatic carbocycles. The first kappa shape index (κ1) is 28.7. The summed E-state index contributed by atoms with van der Waals surface area (Å²) in [5.74, 6) is -3.38.